The van der Waals surface area contributed by atoms with Gasteiger partial charge in [-0.3, -0.25) is 9.36 Å². The molecule has 1 aliphatic rings. The van der Waals surface area contributed by atoms with E-state index in [0.29, 0.717) is 18.6 Å². The Hall–Kier alpha value is -1.46. The molecule has 0 aliphatic carbocycles. The highest BCUT2D eigenvalue weighted by molar-refractivity contribution is 6.28. The van der Waals surface area contributed by atoms with E-state index in [2.05, 4.69) is 10.3 Å². The van der Waals surface area contributed by atoms with Gasteiger partial charge in [-0.25, -0.2) is 9.37 Å². The van der Waals surface area contributed by atoms with Crippen LogP contribution in [0.25, 0.3) is 10.9 Å². The minimum atomic E-state index is -0.447. The van der Waals surface area contributed by atoms with Gasteiger partial charge in [-0.15, -0.1) is 0 Å². The quantitative estimate of drug-likeness (QED) is 0.780. The number of fused-ring (bicyclic) bond motifs is 1. The second-order valence-electron chi connectivity index (χ2n) is 4.03. The maximum atomic E-state index is 13.1. The monoisotopic (exact) mass is 253 g/mol. The van der Waals surface area contributed by atoms with Crippen molar-refractivity contribution in [2.45, 2.75) is 6.04 Å². The lowest BCUT2D eigenvalue weighted by Gasteiger charge is -2.29. The Kier molecular flexibility index (Phi) is 2.38. The first-order valence-corrected chi connectivity index (χ1v) is 5.62. The summed E-state index contributed by atoms with van der Waals surface area (Å²) < 4.78 is 14.5. The SMILES string of the molecule is O=c1c2cc(F)ccc2nc(Cl)n1C1CNC1. The van der Waals surface area contributed by atoms with Crippen LogP contribution in [-0.4, -0.2) is 22.6 Å². The van der Waals surface area contributed by atoms with E-state index in [4.69, 9.17) is 11.6 Å². The van der Waals surface area contributed by atoms with E-state index in [-0.39, 0.29) is 22.3 Å². The summed E-state index contributed by atoms with van der Waals surface area (Å²) in [4.78, 5) is 16.3. The molecule has 0 spiro atoms. The largest absolute Gasteiger partial charge is 0.313 e. The van der Waals surface area contributed by atoms with Crippen molar-refractivity contribution in [2.75, 3.05) is 13.1 Å². The van der Waals surface area contributed by atoms with E-state index in [9.17, 15) is 9.18 Å². The van der Waals surface area contributed by atoms with Crippen LogP contribution >= 0.6 is 11.6 Å². The van der Waals surface area contributed by atoms with Crippen LogP contribution in [0.5, 0.6) is 0 Å². The van der Waals surface area contributed by atoms with Crippen LogP contribution < -0.4 is 10.9 Å². The van der Waals surface area contributed by atoms with E-state index in [0.717, 1.165) is 0 Å². The van der Waals surface area contributed by atoms with Gasteiger partial charge in [-0.1, -0.05) is 0 Å². The minimum absolute atomic E-state index is 0.00941. The van der Waals surface area contributed by atoms with Crippen molar-refractivity contribution >= 4 is 22.5 Å². The van der Waals surface area contributed by atoms with Gasteiger partial charge in [-0.2, -0.15) is 0 Å². The molecule has 1 aromatic heterocycles. The normalized spacial score (nSPS) is 16.1. The Labute approximate surface area is 101 Å². The molecule has 2 aromatic rings. The zero-order chi connectivity index (χ0) is 12.0. The van der Waals surface area contributed by atoms with Crippen LogP contribution in [0.4, 0.5) is 4.39 Å². The standard InChI is InChI=1S/C11H9ClFN3O/c12-11-15-9-2-1-6(13)3-8(9)10(17)16(11)7-4-14-5-7/h1-3,7,14H,4-5H2. The van der Waals surface area contributed by atoms with Gasteiger partial charge in [0.2, 0.25) is 5.28 Å². The molecule has 0 atom stereocenters. The molecule has 1 aromatic carbocycles. The molecule has 4 nitrogen and oxygen atoms in total. The van der Waals surface area contributed by atoms with Gasteiger partial charge in [-0.05, 0) is 29.8 Å². The van der Waals surface area contributed by atoms with Crippen molar-refractivity contribution in [1.29, 1.82) is 0 Å². The van der Waals surface area contributed by atoms with Crippen molar-refractivity contribution in [1.82, 2.24) is 14.9 Å². The molecule has 0 bridgehead atoms. The summed E-state index contributed by atoms with van der Waals surface area (Å²) in [7, 11) is 0. The molecule has 0 unspecified atom stereocenters. The van der Waals surface area contributed by atoms with E-state index < -0.39 is 5.82 Å². The minimum Gasteiger partial charge on any atom is -0.313 e. The highest BCUT2D eigenvalue weighted by Crippen LogP contribution is 2.18. The zero-order valence-electron chi connectivity index (χ0n) is 8.78. The maximum Gasteiger partial charge on any atom is 0.262 e. The molecule has 1 fully saturated rings. The highest BCUT2D eigenvalue weighted by Gasteiger charge is 2.23. The van der Waals surface area contributed by atoms with Gasteiger partial charge in [0.1, 0.15) is 5.82 Å². The molecular formula is C11H9ClFN3O. The Morgan fingerprint density at radius 1 is 1.47 bits per heavy atom. The van der Waals surface area contributed by atoms with Gasteiger partial charge in [0.15, 0.2) is 0 Å². The average Bonchev–Trinajstić information content (AvgIpc) is 2.23. The third-order valence-electron chi connectivity index (χ3n) is 2.94. The summed E-state index contributed by atoms with van der Waals surface area (Å²) in [6.45, 7) is 1.37. The third-order valence-corrected chi connectivity index (χ3v) is 3.21. The lowest BCUT2D eigenvalue weighted by molar-refractivity contribution is 0.335. The fraction of sp³-hybridized carbons (Fsp3) is 0.273. The molecule has 17 heavy (non-hydrogen) atoms. The summed E-state index contributed by atoms with van der Waals surface area (Å²) in [6, 6.07) is 3.93. The van der Waals surface area contributed by atoms with Gasteiger partial charge < -0.3 is 5.32 Å². The maximum absolute atomic E-state index is 13.1. The lowest BCUT2D eigenvalue weighted by atomic mass is 10.1. The van der Waals surface area contributed by atoms with Gasteiger partial charge in [0, 0.05) is 13.1 Å². The second kappa shape index (κ2) is 3.78. The summed E-state index contributed by atoms with van der Waals surface area (Å²) >= 11 is 5.99. The third kappa shape index (κ3) is 1.62. The molecule has 3 rings (SSSR count). The van der Waals surface area contributed by atoms with Crippen LogP contribution in [0.1, 0.15) is 6.04 Å². The number of aromatic nitrogens is 2. The first kappa shape index (κ1) is 10.7. The van der Waals surface area contributed by atoms with Crippen LogP contribution in [0, 0.1) is 5.82 Å². The fourth-order valence-corrected chi connectivity index (χ4v) is 2.22. The fourth-order valence-electron chi connectivity index (χ4n) is 1.92. The Bertz CT molecular complexity index is 651. The molecular weight excluding hydrogens is 245 g/mol. The van der Waals surface area contributed by atoms with Crippen molar-refractivity contribution in [2.24, 2.45) is 0 Å². The molecule has 0 radical (unpaired) electrons. The number of nitrogens with zero attached hydrogens (tertiary/aromatic N) is 2. The Morgan fingerprint density at radius 2 is 2.24 bits per heavy atom. The van der Waals surface area contributed by atoms with Crippen molar-refractivity contribution < 1.29 is 4.39 Å². The summed E-state index contributed by atoms with van der Waals surface area (Å²) in [6.07, 6.45) is 0. The molecule has 0 amide bonds. The molecule has 2 heterocycles. The van der Waals surface area contributed by atoms with Gasteiger partial charge >= 0.3 is 0 Å². The summed E-state index contributed by atoms with van der Waals surface area (Å²) in [5.41, 5.74) is 0.135. The van der Waals surface area contributed by atoms with Crippen LogP contribution in [0.15, 0.2) is 23.0 Å². The smallest absolute Gasteiger partial charge is 0.262 e. The van der Waals surface area contributed by atoms with E-state index in [1.165, 1.54) is 22.8 Å². The van der Waals surface area contributed by atoms with Crippen molar-refractivity contribution in [3.05, 3.63) is 39.7 Å². The van der Waals surface area contributed by atoms with Crippen LogP contribution in [0.3, 0.4) is 0 Å². The van der Waals surface area contributed by atoms with Gasteiger partial charge in [0.05, 0.1) is 16.9 Å². The number of rotatable bonds is 1. The average molecular weight is 254 g/mol. The van der Waals surface area contributed by atoms with E-state index in [1.807, 2.05) is 0 Å². The molecule has 88 valence electrons. The van der Waals surface area contributed by atoms with Crippen LogP contribution in [-0.2, 0) is 0 Å². The zero-order valence-corrected chi connectivity index (χ0v) is 9.54. The first-order chi connectivity index (χ1) is 8.16. The first-order valence-electron chi connectivity index (χ1n) is 5.25. The Morgan fingerprint density at radius 3 is 2.88 bits per heavy atom. The van der Waals surface area contributed by atoms with E-state index in [1.54, 1.807) is 0 Å². The Balaban J connectivity index is 2.32. The van der Waals surface area contributed by atoms with Crippen LogP contribution in [0.2, 0.25) is 5.28 Å². The molecule has 1 aliphatic heterocycles. The molecule has 0 saturated carbocycles. The van der Waals surface area contributed by atoms with Crippen molar-refractivity contribution in [3.63, 3.8) is 0 Å². The number of hydrogen-bond donors (Lipinski definition) is 1. The second-order valence-corrected chi connectivity index (χ2v) is 4.37. The molecule has 1 N–H and O–H groups in total. The number of halogens is 2. The number of benzene rings is 1. The molecule has 6 heteroatoms. The predicted octanol–water partition coefficient (Wildman–Crippen LogP) is 1.33. The summed E-state index contributed by atoms with van der Waals surface area (Å²) in [5.74, 6) is -0.447. The molecule has 1 saturated heterocycles. The lowest BCUT2D eigenvalue weighted by Crippen LogP contribution is -2.47. The number of nitrogens with one attached hydrogen (secondary N) is 1. The predicted molar refractivity (Wildman–Crippen MR) is 62.9 cm³/mol. The highest BCUT2D eigenvalue weighted by atomic mass is 35.5. The number of hydrogen-bond acceptors (Lipinski definition) is 3. The van der Waals surface area contributed by atoms with E-state index >= 15 is 0 Å². The van der Waals surface area contributed by atoms with Gasteiger partial charge in [0.25, 0.3) is 5.56 Å². The summed E-state index contributed by atoms with van der Waals surface area (Å²) in [5, 5.41) is 3.47. The van der Waals surface area contributed by atoms with Crippen molar-refractivity contribution in [3.8, 4) is 0 Å². The topological polar surface area (TPSA) is 46.9 Å².